The Labute approximate surface area is 109 Å². The maximum absolute atomic E-state index is 11.9. The van der Waals surface area contributed by atoms with Crippen molar-refractivity contribution in [2.45, 2.75) is 51.2 Å². The fourth-order valence-corrected chi connectivity index (χ4v) is 2.66. The molecule has 1 aromatic rings. The van der Waals surface area contributed by atoms with Gasteiger partial charge in [-0.15, -0.1) is 0 Å². The van der Waals surface area contributed by atoms with Crippen LogP contribution in [0.2, 0.25) is 0 Å². The molecule has 1 aromatic carbocycles. The van der Waals surface area contributed by atoms with Crippen LogP contribution in [0.5, 0.6) is 0 Å². The third kappa shape index (κ3) is 5.92. The minimum atomic E-state index is 0.202. The average Bonchev–Trinajstić information content (AvgIpc) is 2.36. The van der Waals surface area contributed by atoms with Crippen molar-refractivity contribution in [3.05, 3.63) is 35.9 Å². The normalized spacial score (nSPS) is 12.4. The first-order valence-corrected chi connectivity index (χ1v) is 7.38. The molecule has 0 aliphatic carbocycles. The zero-order chi connectivity index (χ0) is 12.5. The van der Waals surface area contributed by atoms with E-state index in [1.807, 2.05) is 30.3 Å². The molecule has 0 fully saturated rings. The predicted octanol–water partition coefficient (Wildman–Crippen LogP) is 4.92. The highest BCUT2D eigenvalue weighted by Gasteiger charge is 2.11. The Bertz CT molecular complexity index is 321. The molecular weight excluding hydrogens is 228 g/mol. The zero-order valence-electron chi connectivity index (χ0n) is 10.8. The van der Waals surface area contributed by atoms with E-state index in [2.05, 4.69) is 13.8 Å². The van der Waals surface area contributed by atoms with Gasteiger partial charge in [-0.05, 0) is 6.42 Å². The Balaban J connectivity index is 2.26. The van der Waals surface area contributed by atoms with Crippen molar-refractivity contribution < 1.29 is 4.79 Å². The molecule has 0 amide bonds. The largest absolute Gasteiger partial charge is 0.282 e. The van der Waals surface area contributed by atoms with Crippen molar-refractivity contribution in [1.29, 1.82) is 0 Å². The van der Waals surface area contributed by atoms with E-state index in [1.165, 1.54) is 37.4 Å². The van der Waals surface area contributed by atoms with E-state index in [1.54, 1.807) is 0 Å². The summed E-state index contributed by atoms with van der Waals surface area (Å²) in [5.74, 6) is 0. The molecular formula is C15H22OS. The topological polar surface area (TPSA) is 17.1 Å². The highest BCUT2D eigenvalue weighted by molar-refractivity contribution is 8.14. The number of carbonyl (C=O) groups excluding carboxylic acids is 1. The van der Waals surface area contributed by atoms with Crippen LogP contribution in [-0.4, -0.2) is 10.4 Å². The van der Waals surface area contributed by atoms with Gasteiger partial charge in [0.1, 0.15) is 0 Å². The number of benzene rings is 1. The Hall–Kier alpha value is -0.760. The Morgan fingerprint density at radius 2 is 1.88 bits per heavy atom. The summed E-state index contributed by atoms with van der Waals surface area (Å²) in [6.45, 7) is 4.37. The van der Waals surface area contributed by atoms with E-state index < -0.39 is 0 Å². The summed E-state index contributed by atoms with van der Waals surface area (Å²) in [6.07, 6.45) is 6.25. The number of thioether (sulfide) groups is 1. The van der Waals surface area contributed by atoms with Crippen LogP contribution in [0.1, 0.15) is 56.3 Å². The average molecular weight is 250 g/mol. The maximum atomic E-state index is 11.9. The van der Waals surface area contributed by atoms with Crippen molar-refractivity contribution >= 4 is 16.9 Å². The van der Waals surface area contributed by atoms with Crippen molar-refractivity contribution in [2.75, 3.05) is 0 Å². The summed E-state index contributed by atoms with van der Waals surface area (Å²) in [5, 5.41) is 0.633. The van der Waals surface area contributed by atoms with Gasteiger partial charge in [-0.25, -0.2) is 0 Å². The molecule has 0 N–H and O–H groups in total. The Morgan fingerprint density at radius 1 is 1.18 bits per heavy atom. The molecule has 1 atom stereocenters. The second-order valence-electron chi connectivity index (χ2n) is 4.43. The first-order valence-electron chi connectivity index (χ1n) is 6.50. The Morgan fingerprint density at radius 3 is 2.53 bits per heavy atom. The first-order chi connectivity index (χ1) is 8.24. The molecule has 1 unspecified atom stereocenters. The van der Waals surface area contributed by atoms with Gasteiger partial charge in [0.15, 0.2) is 0 Å². The third-order valence-corrected chi connectivity index (χ3v) is 3.87. The summed E-state index contributed by atoms with van der Waals surface area (Å²) >= 11 is 1.47. The van der Waals surface area contributed by atoms with Crippen molar-refractivity contribution in [2.24, 2.45) is 0 Å². The lowest BCUT2D eigenvalue weighted by molar-refractivity contribution is 0.108. The molecule has 94 valence electrons. The van der Waals surface area contributed by atoms with Crippen LogP contribution < -0.4 is 0 Å². The lowest BCUT2D eigenvalue weighted by Crippen LogP contribution is -2.03. The van der Waals surface area contributed by atoms with Crippen LogP contribution in [-0.2, 0) is 0 Å². The van der Waals surface area contributed by atoms with Crippen LogP contribution in [0.15, 0.2) is 30.3 Å². The monoisotopic (exact) mass is 250 g/mol. The van der Waals surface area contributed by atoms with E-state index in [0.29, 0.717) is 5.25 Å². The number of hydrogen-bond donors (Lipinski definition) is 0. The quantitative estimate of drug-likeness (QED) is 0.639. The number of carbonyl (C=O) groups is 1. The van der Waals surface area contributed by atoms with Gasteiger partial charge in [-0.1, -0.05) is 81.6 Å². The Kier molecular flexibility index (Phi) is 7.02. The molecule has 17 heavy (non-hydrogen) atoms. The highest BCUT2D eigenvalue weighted by Crippen LogP contribution is 2.22. The fourth-order valence-electron chi connectivity index (χ4n) is 1.74. The van der Waals surface area contributed by atoms with E-state index >= 15 is 0 Å². The smallest absolute Gasteiger partial charge is 0.219 e. The molecule has 0 saturated heterocycles. The lowest BCUT2D eigenvalue weighted by atomic mass is 10.1. The van der Waals surface area contributed by atoms with E-state index in [0.717, 1.165) is 12.0 Å². The van der Waals surface area contributed by atoms with Crippen molar-refractivity contribution in [1.82, 2.24) is 0 Å². The molecule has 1 nitrogen and oxygen atoms in total. The summed E-state index contributed by atoms with van der Waals surface area (Å²) < 4.78 is 0. The molecule has 2 heteroatoms. The summed E-state index contributed by atoms with van der Waals surface area (Å²) in [6, 6.07) is 9.55. The summed E-state index contributed by atoms with van der Waals surface area (Å²) in [4.78, 5) is 11.9. The van der Waals surface area contributed by atoms with E-state index in [4.69, 9.17) is 0 Å². The van der Waals surface area contributed by atoms with Gasteiger partial charge >= 0.3 is 0 Å². The zero-order valence-corrected chi connectivity index (χ0v) is 11.6. The second-order valence-corrected chi connectivity index (χ2v) is 5.84. The van der Waals surface area contributed by atoms with Gasteiger partial charge in [-0.3, -0.25) is 4.79 Å². The van der Waals surface area contributed by atoms with E-state index in [-0.39, 0.29) is 5.12 Å². The molecule has 0 aromatic heterocycles. The SMILES string of the molecule is CCCCCCC(C)SC(=O)c1ccccc1. The van der Waals surface area contributed by atoms with Crippen LogP contribution >= 0.6 is 11.8 Å². The molecule has 0 heterocycles. The van der Waals surface area contributed by atoms with Crippen LogP contribution in [0.3, 0.4) is 0 Å². The van der Waals surface area contributed by atoms with Crippen molar-refractivity contribution in [3.63, 3.8) is 0 Å². The molecule has 0 bridgehead atoms. The molecule has 0 aliphatic rings. The van der Waals surface area contributed by atoms with Gasteiger partial charge in [0.2, 0.25) is 5.12 Å². The predicted molar refractivity (Wildman–Crippen MR) is 76.6 cm³/mol. The molecule has 0 spiro atoms. The standard InChI is InChI=1S/C15H22OS/c1-3-4-5-7-10-13(2)17-15(16)14-11-8-6-9-12-14/h6,8-9,11-13H,3-5,7,10H2,1-2H3. The van der Waals surface area contributed by atoms with Gasteiger partial charge < -0.3 is 0 Å². The molecule has 1 rings (SSSR count). The summed E-state index contributed by atoms with van der Waals surface area (Å²) in [7, 11) is 0. The van der Waals surface area contributed by atoms with Gasteiger partial charge in [0, 0.05) is 10.8 Å². The molecule has 0 radical (unpaired) electrons. The number of hydrogen-bond acceptors (Lipinski definition) is 2. The minimum Gasteiger partial charge on any atom is -0.282 e. The van der Waals surface area contributed by atoms with Crippen LogP contribution in [0, 0.1) is 0 Å². The minimum absolute atomic E-state index is 0.202. The number of unbranched alkanes of at least 4 members (excludes halogenated alkanes) is 3. The maximum Gasteiger partial charge on any atom is 0.219 e. The number of rotatable bonds is 7. The second kappa shape index (κ2) is 8.35. The highest BCUT2D eigenvalue weighted by atomic mass is 32.2. The van der Waals surface area contributed by atoms with Crippen LogP contribution in [0.4, 0.5) is 0 Å². The van der Waals surface area contributed by atoms with Crippen molar-refractivity contribution in [3.8, 4) is 0 Å². The van der Waals surface area contributed by atoms with Gasteiger partial charge in [-0.2, -0.15) is 0 Å². The first kappa shape index (κ1) is 14.3. The lowest BCUT2D eigenvalue weighted by Gasteiger charge is -2.09. The molecule has 0 saturated carbocycles. The van der Waals surface area contributed by atoms with E-state index in [9.17, 15) is 4.79 Å². The van der Waals surface area contributed by atoms with Gasteiger partial charge in [0.05, 0.1) is 0 Å². The summed E-state index contributed by atoms with van der Waals surface area (Å²) in [5.41, 5.74) is 0.818. The van der Waals surface area contributed by atoms with Crippen LogP contribution in [0.25, 0.3) is 0 Å². The molecule has 0 aliphatic heterocycles. The fraction of sp³-hybridized carbons (Fsp3) is 0.533. The van der Waals surface area contributed by atoms with Gasteiger partial charge in [0.25, 0.3) is 0 Å². The third-order valence-electron chi connectivity index (χ3n) is 2.78.